The number of nitrogens with one attached hydrogen (secondary N) is 1. The van der Waals surface area contributed by atoms with Gasteiger partial charge >= 0.3 is 0 Å². The fourth-order valence-corrected chi connectivity index (χ4v) is 3.25. The normalized spacial score (nSPS) is 10.4. The minimum absolute atomic E-state index is 0. The first-order chi connectivity index (χ1) is 14.1. The third-order valence-corrected chi connectivity index (χ3v) is 4.79. The van der Waals surface area contributed by atoms with Gasteiger partial charge in [0.15, 0.2) is 0 Å². The van der Waals surface area contributed by atoms with E-state index < -0.39 is 0 Å². The molecule has 154 valence electrons. The van der Waals surface area contributed by atoms with Gasteiger partial charge in [0, 0.05) is 23.8 Å². The summed E-state index contributed by atoms with van der Waals surface area (Å²) in [5, 5.41) is 4.09. The summed E-state index contributed by atoms with van der Waals surface area (Å²) >= 11 is 0. The fraction of sp³-hybridized carbons (Fsp3) is 0.130. The quantitative estimate of drug-likeness (QED) is 0.424. The van der Waals surface area contributed by atoms with E-state index in [1.165, 1.54) is 12.1 Å². The van der Waals surface area contributed by atoms with Crippen molar-refractivity contribution in [2.45, 2.75) is 6.92 Å². The largest absolute Gasteiger partial charge is 0.494 e. The van der Waals surface area contributed by atoms with Gasteiger partial charge in [-0.15, -0.1) is 12.4 Å². The Hall–Kier alpha value is -3.38. The number of halogens is 2. The predicted molar refractivity (Wildman–Crippen MR) is 122 cm³/mol. The number of hydrogen-bond donors (Lipinski definition) is 1. The van der Waals surface area contributed by atoms with Crippen molar-refractivity contribution in [1.82, 2.24) is 9.97 Å². The lowest BCUT2D eigenvalue weighted by Crippen LogP contribution is -2.13. The molecular formula is C23H22ClFN4O. The van der Waals surface area contributed by atoms with Gasteiger partial charge in [-0.1, -0.05) is 24.3 Å². The van der Waals surface area contributed by atoms with Crippen LogP contribution in [-0.2, 0) is 0 Å². The molecule has 0 atom stereocenters. The van der Waals surface area contributed by atoms with Crippen LogP contribution < -0.4 is 15.0 Å². The summed E-state index contributed by atoms with van der Waals surface area (Å²) in [6.07, 6.45) is 0. The van der Waals surface area contributed by atoms with Crippen LogP contribution in [0.2, 0.25) is 0 Å². The Morgan fingerprint density at radius 2 is 1.73 bits per heavy atom. The summed E-state index contributed by atoms with van der Waals surface area (Å²) in [5.41, 5.74) is 3.21. The molecule has 0 unspecified atom stereocenters. The topological polar surface area (TPSA) is 50.3 Å². The number of aromatic nitrogens is 2. The molecule has 4 rings (SSSR count). The van der Waals surface area contributed by atoms with Crippen molar-refractivity contribution in [1.29, 1.82) is 0 Å². The van der Waals surface area contributed by atoms with Gasteiger partial charge in [-0.3, -0.25) is 0 Å². The number of fused-ring (bicyclic) bond motifs is 1. The second kappa shape index (κ2) is 8.97. The van der Waals surface area contributed by atoms with Crippen molar-refractivity contribution in [2.24, 2.45) is 0 Å². The first kappa shape index (κ1) is 21.3. The molecule has 5 nitrogen and oxygen atoms in total. The summed E-state index contributed by atoms with van der Waals surface area (Å²) in [5.74, 6) is 1.53. The van der Waals surface area contributed by atoms with Crippen molar-refractivity contribution < 1.29 is 9.13 Å². The highest BCUT2D eigenvalue weighted by molar-refractivity contribution is 5.96. The first-order valence-electron chi connectivity index (χ1n) is 9.23. The molecule has 0 saturated heterocycles. The molecule has 1 N–H and O–H groups in total. The molecule has 0 saturated carbocycles. The molecule has 0 bridgehead atoms. The van der Waals surface area contributed by atoms with E-state index in [-0.39, 0.29) is 18.2 Å². The summed E-state index contributed by atoms with van der Waals surface area (Å²) in [7, 11) is 3.58. The summed E-state index contributed by atoms with van der Waals surface area (Å²) in [6, 6.07) is 20.3. The van der Waals surface area contributed by atoms with E-state index in [4.69, 9.17) is 9.72 Å². The Bertz CT molecular complexity index is 1170. The van der Waals surface area contributed by atoms with Crippen LogP contribution in [0.15, 0.2) is 66.7 Å². The summed E-state index contributed by atoms with van der Waals surface area (Å²) in [6.45, 7) is 1.84. The van der Waals surface area contributed by atoms with E-state index in [1.54, 1.807) is 13.2 Å². The first-order valence-corrected chi connectivity index (χ1v) is 9.23. The maximum absolute atomic E-state index is 13.5. The molecule has 1 aromatic heterocycles. The number of anilines is 4. The number of rotatable bonds is 5. The number of benzene rings is 3. The lowest BCUT2D eigenvalue weighted by Gasteiger charge is -2.21. The maximum atomic E-state index is 13.5. The third kappa shape index (κ3) is 4.14. The molecular weight excluding hydrogens is 403 g/mol. The predicted octanol–water partition coefficient (Wildman–Crippen LogP) is 6.02. The van der Waals surface area contributed by atoms with Crippen LogP contribution in [0.5, 0.6) is 5.75 Å². The van der Waals surface area contributed by atoms with Crippen molar-refractivity contribution in [3.8, 4) is 5.75 Å². The number of para-hydroxylation sites is 2. The van der Waals surface area contributed by atoms with E-state index in [0.29, 0.717) is 17.2 Å². The van der Waals surface area contributed by atoms with E-state index in [9.17, 15) is 4.39 Å². The smallest absolute Gasteiger partial charge is 0.229 e. The average Bonchev–Trinajstić information content (AvgIpc) is 2.75. The van der Waals surface area contributed by atoms with Gasteiger partial charge in [0.25, 0.3) is 0 Å². The molecule has 0 aliphatic rings. The zero-order chi connectivity index (χ0) is 20.4. The number of hydrogen-bond acceptors (Lipinski definition) is 5. The molecule has 0 amide bonds. The van der Waals surface area contributed by atoms with Crippen LogP contribution in [0, 0.1) is 12.7 Å². The second-order valence-corrected chi connectivity index (χ2v) is 6.71. The minimum atomic E-state index is -0.279. The molecule has 0 aliphatic carbocycles. The summed E-state index contributed by atoms with van der Waals surface area (Å²) < 4.78 is 19.0. The number of nitrogens with zero attached hydrogens (tertiary/aromatic N) is 3. The Labute approximate surface area is 181 Å². The molecule has 1 heterocycles. The van der Waals surface area contributed by atoms with Crippen LogP contribution in [-0.4, -0.2) is 24.1 Å². The monoisotopic (exact) mass is 424 g/mol. The summed E-state index contributed by atoms with van der Waals surface area (Å²) in [4.78, 5) is 11.4. The van der Waals surface area contributed by atoms with Crippen LogP contribution in [0.1, 0.15) is 5.56 Å². The number of aryl methyl sites for hydroxylation is 1. The van der Waals surface area contributed by atoms with Gasteiger partial charge in [-0.25, -0.2) is 9.37 Å². The van der Waals surface area contributed by atoms with Crippen molar-refractivity contribution in [3.05, 3.63) is 78.1 Å². The standard InChI is InChI=1S/C23H21FN4O.ClH/c1-15-14-16(24)12-13-19(15)25-23-26-21-18(10-7-11-20(21)29-3)22(27-23)28(2)17-8-5-4-6-9-17;/h4-14H,1-3H3,(H,25,26,27);1H. The highest BCUT2D eigenvalue weighted by Crippen LogP contribution is 2.34. The minimum Gasteiger partial charge on any atom is -0.494 e. The average molecular weight is 425 g/mol. The number of methoxy groups -OCH3 is 1. The lowest BCUT2D eigenvalue weighted by atomic mass is 10.2. The fourth-order valence-electron chi connectivity index (χ4n) is 3.25. The van der Waals surface area contributed by atoms with Gasteiger partial charge in [-0.05, 0) is 55.0 Å². The maximum Gasteiger partial charge on any atom is 0.229 e. The molecule has 0 fully saturated rings. The Morgan fingerprint density at radius 3 is 2.43 bits per heavy atom. The van der Waals surface area contributed by atoms with Crippen molar-refractivity contribution in [3.63, 3.8) is 0 Å². The molecule has 4 aromatic rings. The van der Waals surface area contributed by atoms with E-state index >= 15 is 0 Å². The van der Waals surface area contributed by atoms with Crippen molar-refractivity contribution >= 4 is 46.5 Å². The van der Waals surface area contributed by atoms with Gasteiger partial charge in [0.2, 0.25) is 5.95 Å². The van der Waals surface area contributed by atoms with Crippen LogP contribution in [0.3, 0.4) is 0 Å². The molecule has 0 radical (unpaired) electrons. The Morgan fingerprint density at radius 1 is 0.967 bits per heavy atom. The van der Waals surface area contributed by atoms with Crippen LogP contribution in [0.25, 0.3) is 10.9 Å². The van der Waals surface area contributed by atoms with E-state index in [1.807, 2.05) is 67.4 Å². The highest BCUT2D eigenvalue weighted by atomic mass is 35.5. The molecule has 0 aliphatic heterocycles. The van der Waals surface area contributed by atoms with Crippen molar-refractivity contribution in [2.75, 3.05) is 24.4 Å². The van der Waals surface area contributed by atoms with E-state index in [0.717, 1.165) is 28.1 Å². The second-order valence-electron chi connectivity index (χ2n) is 6.71. The Kier molecular flexibility index (Phi) is 6.37. The zero-order valence-corrected chi connectivity index (χ0v) is 17.7. The van der Waals surface area contributed by atoms with Gasteiger partial charge in [0.05, 0.1) is 7.11 Å². The molecule has 30 heavy (non-hydrogen) atoms. The SMILES string of the molecule is COc1cccc2c(N(C)c3ccccc3)nc(Nc3ccc(F)cc3C)nc12.Cl. The Balaban J connectivity index is 0.00000256. The highest BCUT2D eigenvalue weighted by Gasteiger charge is 2.16. The third-order valence-electron chi connectivity index (χ3n) is 4.79. The molecule has 3 aromatic carbocycles. The van der Waals surface area contributed by atoms with Crippen LogP contribution in [0.4, 0.5) is 27.5 Å². The number of ether oxygens (including phenoxy) is 1. The van der Waals surface area contributed by atoms with Crippen LogP contribution >= 0.6 is 12.4 Å². The van der Waals surface area contributed by atoms with E-state index in [2.05, 4.69) is 10.3 Å². The van der Waals surface area contributed by atoms with Gasteiger partial charge in [0.1, 0.15) is 22.9 Å². The lowest BCUT2D eigenvalue weighted by molar-refractivity contribution is 0.419. The molecule has 0 spiro atoms. The molecule has 7 heteroatoms. The van der Waals surface area contributed by atoms with Gasteiger partial charge < -0.3 is 15.0 Å². The zero-order valence-electron chi connectivity index (χ0n) is 16.9. The van der Waals surface area contributed by atoms with Gasteiger partial charge in [-0.2, -0.15) is 4.98 Å².